The van der Waals surface area contributed by atoms with E-state index in [1.807, 2.05) is 12.4 Å². The van der Waals surface area contributed by atoms with Crippen molar-refractivity contribution in [2.45, 2.75) is 77.0 Å². The summed E-state index contributed by atoms with van der Waals surface area (Å²) in [5, 5.41) is 0. The van der Waals surface area contributed by atoms with E-state index in [0.29, 0.717) is 0 Å². The van der Waals surface area contributed by atoms with Gasteiger partial charge in [0.05, 0.1) is 62.6 Å². The van der Waals surface area contributed by atoms with Crippen molar-refractivity contribution in [1.29, 1.82) is 0 Å². The molecule has 12 aliphatic rings. The van der Waals surface area contributed by atoms with Crippen LogP contribution in [0.1, 0.15) is 134 Å². The average molecular weight is 1340 g/mol. The number of hydrogen-bond donors (Lipinski definition) is 0. The van der Waals surface area contributed by atoms with E-state index in [9.17, 15) is 0 Å². The molecule has 0 radical (unpaired) electrons. The van der Waals surface area contributed by atoms with Crippen LogP contribution in [-0.2, 0) is 77.0 Å². The van der Waals surface area contributed by atoms with Crippen molar-refractivity contribution in [3.05, 3.63) is 389 Å². The van der Waals surface area contributed by atoms with Crippen LogP contribution in [0.4, 0.5) is 51.2 Å². The van der Waals surface area contributed by atoms with Crippen LogP contribution in [0.5, 0.6) is 0 Å². The standard InChI is InChI=1S/3C33H22N2/c1-3-7-27-19(5-1)9-21-11-23-13-25-17-34-18-26-14-24-12-22-10-20-6-2-4-8-28(20)30(22)16-32(24)35(33(25)26)31(23)15-29(21)27;2*1-3-7-26-19(5-1)11-22-14-24-13-21-9-10-34-30-16-25-15-23-12-20-6-2-4-8-27(20)29(23)18-32(25)35(33(21)30)31(24)17-28(22)26/h1-8,11-12,15-18H,9-10,13-14H2;2*1-10,14-15,17-18H,11-13,16H2. The first-order valence-electron chi connectivity index (χ1n) is 37.7. The van der Waals surface area contributed by atoms with E-state index in [-0.39, 0.29) is 0 Å². The number of benzene rings is 12. The van der Waals surface area contributed by atoms with Gasteiger partial charge >= 0.3 is 0 Å². The van der Waals surface area contributed by atoms with E-state index in [0.717, 1.165) is 77.0 Å². The zero-order valence-electron chi connectivity index (χ0n) is 57.9. The minimum Gasteiger partial charge on any atom is -0.309 e. The van der Waals surface area contributed by atoms with Crippen LogP contribution in [0.25, 0.3) is 66.8 Å². The Labute approximate surface area is 609 Å². The topological polar surface area (TPSA) is 48.4 Å². The van der Waals surface area contributed by atoms with Gasteiger partial charge in [-0.15, -0.1) is 0 Å². The number of fused-ring (bicyclic) bond motifs is 30. The summed E-state index contributed by atoms with van der Waals surface area (Å²) in [6, 6.07) is 87.4. The normalized spacial score (nSPS) is 14.9. The molecule has 0 saturated carbocycles. The highest BCUT2D eigenvalue weighted by molar-refractivity contribution is 5.99. The van der Waals surface area contributed by atoms with Gasteiger partial charge in [0.1, 0.15) is 0 Å². The van der Waals surface area contributed by atoms with Crippen LogP contribution in [0, 0.1) is 0 Å². The van der Waals surface area contributed by atoms with Gasteiger partial charge in [0.25, 0.3) is 0 Å². The number of hydrogen-bond acceptors (Lipinski definition) is 6. The molecule has 492 valence electrons. The smallest absolute Gasteiger partial charge is 0.0716 e. The quantitative estimate of drug-likeness (QED) is 0.151. The molecule has 0 spiro atoms. The zero-order valence-corrected chi connectivity index (χ0v) is 57.9. The van der Waals surface area contributed by atoms with Gasteiger partial charge in [-0.2, -0.15) is 0 Å². The van der Waals surface area contributed by atoms with E-state index in [2.05, 4.69) is 263 Å². The first kappa shape index (κ1) is 57.1. The summed E-state index contributed by atoms with van der Waals surface area (Å²) in [4.78, 5) is 22.1. The lowest BCUT2D eigenvalue weighted by atomic mass is 9.85. The monoisotopic (exact) mass is 1340 g/mol. The minimum absolute atomic E-state index is 0.905. The molecule has 0 amide bonds. The Morgan fingerprint density at radius 1 is 0.181 bits per heavy atom. The molecule has 6 heteroatoms. The van der Waals surface area contributed by atoms with Gasteiger partial charge in [0.2, 0.25) is 0 Å². The van der Waals surface area contributed by atoms with Crippen LogP contribution >= 0.6 is 0 Å². The Morgan fingerprint density at radius 2 is 0.410 bits per heavy atom. The first-order valence-corrected chi connectivity index (χ1v) is 37.7. The van der Waals surface area contributed by atoms with Crippen LogP contribution in [0.2, 0.25) is 0 Å². The summed E-state index contributed by atoms with van der Waals surface area (Å²) in [6.07, 6.45) is 20.1. The molecule has 0 unspecified atom stereocenters. The van der Waals surface area contributed by atoms with E-state index in [1.165, 1.54) is 252 Å². The summed E-state index contributed by atoms with van der Waals surface area (Å²) in [7, 11) is 0. The van der Waals surface area contributed by atoms with Crippen LogP contribution < -0.4 is 14.7 Å². The molecule has 105 heavy (non-hydrogen) atoms. The van der Waals surface area contributed by atoms with Gasteiger partial charge in [-0.05, 0) is 276 Å². The summed E-state index contributed by atoms with van der Waals surface area (Å²) in [5.74, 6) is 0. The predicted molar refractivity (Wildman–Crippen MR) is 423 cm³/mol. The van der Waals surface area contributed by atoms with E-state index >= 15 is 0 Å². The van der Waals surface area contributed by atoms with Crippen molar-refractivity contribution >= 4 is 51.2 Å². The highest BCUT2D eigenvalue weighted by Crippen LogP contribution is 2.59. The molecule has 15 aromatic rings. The summed E-state index contributed by atoms with van der Waals surface area (Å²) in [6.45, 7) is 0. The van der Waals surface area contributed by atoms with Gasteiger partial charge in [0.15, 0.2) is 0 Å². The SMILES string of the molecule is c1ccc2c(c1)Cc1cc3c(cc1-2)N1c2cc4c(cc2Cc2cncc(c21)C3)Cc1ccccc1-4.c1ccc2c(c1)Cc1cc3c(cc1-2)N1c2cc4c(cc2Cc2nccc(c21)C3)Cc1ccccc1-4.c1ccc2c(c1)Cc1cc3c(cc1-2)N1c2cc4c(cc2Cc2nccc(c21)C3)Cc1ccccc1-4. The maximum Gasteiger partial charge on any atom is 0.0716 e. The first-order chi connectivity index (χ1) is 51.9. The van der Waals surface area contributed by atoms with Gasteiger partial charge in [-0.3, -0.25) is 15.0 Å². The fraction of sp³-hybridized carbons (Fsp3) is 0.121. The molecule has 0 atom stereocenters. The third-order valence-corrected chi connectivity index (χ3v) is 25.5. The third-order valence-electron chi connectivity index (χ3n) is 25.5. The second-order valence-corrected chi connectivity index (χ2v) is 31.2. The predicted octanol–water partition coefficient (Wildman–Crippen LogP) is 22.5. The van der Waals surface area contributed by atoms with Gasteiger partial charge in [-0.25, -0.2) is 0 Å². The Bertz CT molecular complexity index is 5530. The van der Waals surface area contributed by atoms with Crippen LogP contribution in [-0.4, -0.2) is 15.0 Å². The lowest BCUT2D eigenvalue weighted by Gasteiger charge is -2.39. The molecule has 0 fully saturated rings. The van der Waals surface area contributed by atoms with Gasteiger partial charge in [0, 0.05) is 63.3 Å². The summed E-state index contributed by atoms with van der Waals surface area (Å²) in [5.41, 5.74) is 62.4. The maximum absolute atomic E-state index is 4.88. The molecular weight excluding hydrogens is 1270 g/mol. The fourth-order valence-electron chi connectivity index (χ4n) is 21.0. The highest BCUT2D eigenvalue weighted by Gasteiger charge is 2.40. The fourth-order valence-corrected chi connectivity index (χ4v) is 21.0. The molecule has 0 bridgehead atoms. The number of pyridine rings is 3. The summed E-state index contributed by atoms with van der Waals surface area (Å²) < 4.78 is 0. The number of anilines is 9. The van der Waals surface area contributed by atoms with Crippen molar-refractivity contribution in [3.63, 3.8) is 0 Å². The zero-order chi connectivity index (χ0) is 68.0. The second kappa shape index (κ2) is 21.1. The molecule has 6 aliphatic carbocycles. The van der Waals surface area contributed by atoms with E-state index in [4.69, 9.17) is 9.97 Å². The molecule has 0 N–H and O–H groups in total. The molecule has 3 aromatic heterocycles. The maximum atomic E-state index is 4.88. The third kappa shape index (κ3) is 8.17. The Hall–Kier alpha value is -12.5. The molecular formula is C99H66N6. The van der Waals surface area contributed by atoms with Gasteiger partial charge in [-0.1, -0.05) is 182 Å². The highest BCUT2D eigenvalue weighted by atomic mass is 15.2. The Balaban J connectivity index is 0.0000000914. The van der Waals surface area contributed by atoms with Crippen molar-refractivity contribution in [3.8, 4) is 66.8 Å². The van der Waals surface area contributed by atoms with Crippen molar-refractivity contribution in [1.82, 2.24) is 15.0 Å². The second-order valence-electron chi connectivity index (χ2n) is 31.2. The largest absolute Gasteiger partial charge is 0.309 e. The molecule has 6 aliphatic heterocycles. The van der Waals surface area contributed by atoms with Crippen molar-refractivity contribution in [2.24, 2.45) is 0 Å². The number of rotatable bonds is 0. The molecule has 9 heterocycles. The molecule has 12 aromatic carbocycles. The van der Waals surface area contributed by atoms with E-state index in [1.54, 1.807) is 0 Å². The number of nitrogens with zero attached hydrogens (tertiary/aromatic N) is 6. The minimum atomic E-state index is 0.905. The van der Waals surface area contributed by atoms with Crippen LogP contribution in [0.15, 0.2) is 255 Å². The lowest BCUT2D eigenvalue weighted by molar-refractivity contribution is 0.957. The Morgan fingerprint density at radius 3 is 0.686 bits per heavy atom. The summed E-state index contributed by atoms with van der Waals surface area (Å²) >= 11 is 0. The Kier molecular flexibility index (Phi) is 11.5. The van der Waals surface area contributed by atoms with Crippen LogP contribution in [0.3, 0.4) is 0 Å². The number of aromatic nitrogens is 3. The van der Waals surface area contributed by atoms with Crippen molar-refractivity contribution < 1.29 is 0 Å². The van der Waals surface area contributed by atoms with Gasteiger partial charge < -0.3 is 14.7 Å². The average Bonchev–Trinajstić information content (AvgIpc) is 1.70. The lowest BCUT2D eigenvalue weighted by Crippen LogP contribution is -2.25. The van der Waals surface area contributed by atoms with E-state index < -0.39 is 0 Å². The molecule has 6 nitrogen and oxygen atoms in total. The van der Waals surface area contributed by atoms with Crippen molar-refractivity contribution in [2.75, 3.05) is 14.7 Å². The molecule has 27 rings (SSSR count). The molecule has 0 saturated heterocycles.